The quantitative estimate of drug-likeness (QED) is 0.674. The van der Waals surface area contributed by atoms with Gasteiger partial charge in [-0.05, 0) is 44.3 Å². The van der Waals surface area contributed by atoms with Crippen LogP contribution in [0.2, 0.25) is 0 Å². The van der Waals surface area contributed by atoms with Crippen molar-refractivity contribution in [2.75, 3.05) is 44.2 Å². The van der Waals surface area contributed by atoms with Crippen molar-refractivity contribution in [3.05, 3.63) is 18.0 Å². The van der Waals surface area contributed by atoms with Gasteiger partial charge in [0.2, 0.25) is 10.0 Å². The summed E-state index contributed by atoms with van der Waals surface area (Å²) in [4.78, 5) is 15.2. The van der Waals surface area contributed by atoms with Gasteiger partial charge in [-0.2, -0.15) is 16.1 Å². The Morgan fingerprint density at radius 2 is 2.16 bits per heavy atom. The molecule has 3 N–H and O–H groups in total. The number of carbonyl (C=O) groups is 1. The fourth-order valence-electron chi connectivity index (χ4n) is 3.25. The summed E-state index contributed by atoms with van der Waals surface area (Å²) >= 11 is 1.76. The van der Waals surface area contributed by atoms with Crippen LogP contribution >= 0.6 is 11.8 Å². The summed E-state index contributed by atoms with van der Waals surface area (Å²) in [6, 6.07) is 1.44. The van der Waals surface area contributed by atoms with Crippen LogP contribution in [0.15, 0.2) is 17.2 Å². The molecule has 2 aliphatic rings. The van der Waals surface area contributed by atoms with Crippen LogP contribution in [-0.2, 0) is 10.0 Å². The molecule has 0 bridgehead atoms. The first-order chi connectivity index (χ1) is 12.1. The van der Waals surface area contributed by atoms with Crippen LogP contribution in [0.5, 0.6) is 0 Å². The van der Waals surface area contributed by atoms with Crippen LogP contribution in [0.1, 0.15) is 29.8 Å². The molecule has 0 aromatic carbocycles. The predicted molar refractivity (Wildman–Crippen MR) is 99.4 cm³/mol. The number of aromatic nitrogens is 1. The molecular formula is C16H26N4O3S2. The molecule has 3 heterocycles. The van der Waals surface area contributed by atoms with Gasteiger partial charge in [0.15, 0.2) is 0 Å². The fraction of sp³-hybridized carbons (Fsp3) is 0.688. The van der Waals surface area contributed by atoms with Gasteiger partial charge in [0.25, 0.3) is 5.91 Å². The molecule has 25 heavy (non-hydrogen) atoms. The van der Waals surface area contributed by atoms with Crippen molar-refractivity contribution in [2.45, 2.75) is 24.2 Å². The largest absolute Gasteiger partial charge is 0.356 e. The minimum atomic E-state index is -3.51. The first-order valence-electron chi connectivity index (χ1n) is 8.82. The lowest BCUT2D eigenvalue weighted by Crippen LogP contribution is -2.37. The molecule has 9 heteroatoms. The maximum absolute atomic E-state index is 12.6. The lowest BCUT2D eigenvalue weighted by atomic mass is 9.96. The number of aromatic amines is 1. The zero-order valence-electron chi connectivity index (χ0n) is 14.3. The van der Waals surface area contributed by atoms with E-state index in [1.807, 2.05) is 0 Å². The second kappa shape index (κ2) is 8.57. The summed E-state index contributed by atoms with van der Waals surface area (Å²) < 4.78 is 26.7. The molecule has 1 aromatic heterocycles. The lowest BCUT2D eigenvalue weighted by Gasteiger charge is -2.24. The maximum Gasteiger partial charge on any atom is 0.267 e. The number of thioether (sulfide) groups is 1. The molecule has 0 radical (unpaired) electrons. The zero-order chi connectivity index (χ0) is 17.7. The van der Waals surface area contributed by atoms with Gasteiger partial charge in [0.1, 0.15) is 10.6 Å². The second-order valence-corrected chi connectivity index (χ2v) is 9.69. The first kappa shape index (κ1) is 18.8. The van der Waals surface area contributed by atoms with Crippen LogP contribution in [0.3, 0.4) is 0 Å². The first-order valence-corrected chi connectivity index (χ1v) is 11.4. The van der Waals surface area contributed by atoms with Gasteiger partial charge in [0, 0.05) is 37.3 Å². The number of sulfonamides is 1. The summed E-state index contributed by atoms with van der Waals surface area (Å²) in [6.45, 7) is 3.74. The molecule has 0 spiro atoms. The van der Waals surface area contributed by atoms with Crippen LogP contribution < -0.4 is 10.6 Å². The van der Waals surface area contributed by atoms with Crippen LogP contribution in [0, 0.1) is 5.92 Å². The van der Waals surface area contributed by atoms with E-state index in [2.05, 4.69) is 15.6 Å². The van der Waals surface area contributed by atoms with Crippen molar-refractivity contribution in [3.8, 4) is 0 Å². The Kier molecular flexibility index (Phi) is 6.43. The van der Waals surface area contributed by atoms with Gasteiger partial charge in [-0.15, -0.1) is 0 Å². The van der Waals surface area contributed by atoms with Crippen LogP contribution in [0.4, 0.5) is 0 Å². The molecule has 1 amide bonds. The molecular weight excluding hydrogens is 360 g/mol. The summed E-state index contributed by atoms with van der Waals surface area (Å²) in [6.07, 6.45) is 4.74. The number of hydrogen-bond donors (Lipinski definition) is 3. The summed E-state index contributed by atoms with van der Waals surface area (Å²) in [5, 5.41) is 6.24. The molecule has 0 aliphatic carbocycles. The number of hydrogen-bond acceptors (Lipinski definition) is 5. The van der Waals surface area contributed by atoms with Crippen molar-refractivity contribution in [3.63, 3.8) is 0 Å². The number of H-pyrrole nitrogens is 1. The van der Waals surface area contributed by atoms with E-state index >= 15 is 0 Å². The number of nitrogens with zero attached hydrogens (tertiary/aromatic N) is 1. The van der Waals surface area contributed by atoms with E-state index in [9.17, 15) is 13.2 Å². The minimum Gasteiger partial charge on any atom is -0.356 e. The van der Waals surface area contributed by atoms with Crippen molar-refractivity contribution < 1.29 is 13.2 Å². The molecule has 7 nitrogen and oxygen atoms in total. The zero-order valence-corrected chi connectivity index (χ0v) is 15.9. The van der Waals surface area contributed by atoms with Crippen molar-refractivity contribution in [1.29, 1.82) is 0 Å². The summed E-state index contributed by atoms with van der Waals surface area (Å²) in [5.41, 5.74) is 0.298. The minimum absolute atomic E-state index is 0.168. The Labute approximate surface area is 153 Å². The number of nitrogens with one attached hydrogen (secondary N) is 3. The third-order valence-corrected chi connectivity index (χ3v) is 7.56. The van der Waals surface area contributed by atoms with E-state index in [0.717, 1.165) is 31.0 Å². The molecule has 0 saturated carbocycles. The SMILES string of the molecule is O=C(NCCC1CCCNC1)c1cc(S(=O)(=O)N2CCSCC2)c[nH]1. The summed E-state index contributed by atoms with van der Waals surface area (Å²) in [5.74, 6) is 1.98. The third kappa shape index (κ3) is 4.78. The van der Waals surface area contributed by atoms with Gasteiger partial charge in [0.05, 0.1) is 0 Å². The van der Waals surface area contributed by atoms with Gasteiger partial charge < -0.3 is 15.6 Å². The van der Waals surface area contributed by atoms with Crippen molar-refractivity contribution >= 4 is 27.7 Å². The fourth-order valence-corrected chi connectivity index (χ4v) is 5.82. The Hall–Kier alpha value is -1.03. The number of carbonyl (C=O) groups excluding carboxylic acids is 1. The number of amides is 1. The molecule has 3 rings (SSSR count). The van der Waals surface area contributed by atoms with Crippen LogP contribution in [0.25, 0.3) is 0 Å². The highest BCUT2D eigenvalue weighted by Crippen LogP contribution is 2.21. The normalized spacial score (nSPS) is 22.6. The molecule has 2 aliphatic heterocycles. The predicted octanol–water partition coefficient (Wildman–Crippen LogP) is 0.872. The Balaban J connectivity index is 1.54. The summed E-state index contributed by atoms with van der Waals surface area (Å²) in [7, 11) is -3.51. The van der Waals surface area contributed by atoms with Gasteiger partial charge in [-0.3, -0.25) is 4.79 Å². The highest BCUT2D eigenvalue weighted by Gasteiger charge is 2.27. The molecule has 2 saturated heterocycles. The average Bonchev–Trinajstić information content (AvgIpc) is 3.14. The van der Waals surface area contributed by atoms with Crippen molar-refractivity contribution in [2.24, 2.45) is 5.92 Å². The van der Waals surface area contributed by atoms with Crippen LogP contribution in [-0.4, -0.2) is 67.8 Å². The third-order valence-electron chi connectivity index (χ3n) is 4.75. The van der Waals surface area contributed by atoms with Crippen molar-refractivity contribution in [1.82, 2.24) is 19.9 Å². The molecule has 1 unspecified atom stereocenters. The molecule has 1 aromatic rings. The number of rotatable bonds is 6. The maximum atomic E-state index is 12.6. The van der Waals surface area contributed by atoms with E-state index < -0.39 is 10.0 Å². The monoisotopic (exact) mass is 386 g/mol. The Morgan fingerprint density at radius 3 is 2.88 bits per heavy atom. The van der Waals surface area contributed by atoms with E-state index in [1.165, 1.54) is 29.4 Å². The van der Waals surface area contributed by atoms with E-state index in [0.29, 0.717) is 31.2 Å². The molecule has 1 atom stereocenters. The van der Waals surface area contributed by atoms with E-state index in [-0.39, 0.29) is 10.8 Å². The lowest BCUT2D eigenvalue weighted by molar-refractivity contribution is 0.0946. The van der Waals surface area contributed by atoms with Gasteiger partial charge in [-0.1, -0.05) is 0 Å². The topological polar surface area (TPSA) is 94.3 Å². The molecule has 140 valence electrons. The average molecular weight is 387 g/mol. The van der Waals surface area contributed by atoms with Gasteiger partial charge in [-0.25, -0.2) is 8.42 Å². The van der Waals surface area contributed by atoms with E-state index in [4.69, 9.17) is 0 Å². The molecule has 2 fully saturated rings. The van der Waals surface area contributed by atoms with E-state index in [1.54, 1.807) is 11.8 Å². The van der Waals surface area contributed by atoms with Gasteiger partial charge >= 0.3 is 0 Å². The smallest absolute Gasteiger partial charge is 0.267 e. The standard InChI is InChI=1S/C16H26N4O3S2/c21-16(18-5-3-13-2-1-4-17-11-13)15-10-14(12-19-15)25(22,23)20-6-8-24-9-7-20/h10,12-13,17,19H,1-9,11H2,(H,18,21). The highest BCUT2D eigenvalue weighted by molar-refractivity contribution is 7.99. The Morgan fingerprint density at radius 1 is 1.36 bits per heavy atom. The Bertz CT molecular complexity index is 677. The second-order valence-electron chi connectivity index (χ2n) is 6.52. The number of piperidine rings is 1. The highest BCUT2D eigenvalue weighted by atomic mass is 32.2.